The molecule has 0 saturated carbocycles. The van der Waals surface area contributed by atoms with Gasteiger partial charge in [0.25, 0.3) is 0 Å². The molecule has 1 aromatic rings. The number of hydrogen-bond acceptors (Lipinski definition) is 4. The first-order chi connectivity index (χ1) is 8.67. The van der Waals surface area contributed by atoms with Crippen LogP contribution in [0.5, 0.6) is 0 Å². The standard InChI is InChI=1S/C14H23NO3/c1-12(13-5-3-2-4-6-13)7-8-15-14(9-16,10-17)11-18/h2-6,12,15-18H,7-11H2,1H3. The van der Waals surface area contributed by atoms with E-state index in [2.05, 4.69) is 24.4 Å². The summed E-state index contributed by atoms with van der Waals surface area (Å²) in [5, 5.41) is 30.6. The number of aliphatic hydroxyl groups excluding tert-OH is 3. The van der Waals surface area contributed by atoms with E-state index in [1.165, 1.54) is 5.56 Å². The van der Waals surface area contributed by atoms with Crippen LogP contribution in [-0.2, 0) is 0 Å². The van der Waals surface area contributed by atoms with Crippen molar-refractivity contribution in [1.29, 1.82) is 0 Å². The summed E-state index contributed by atoms with van der Waals surface area (Å²) in [6.07, 6.45) is 0.881. The molecule has 1 aromatic carbocycles. The average Bonchev–Trinajstić information content (AvgIpc) is 2.45. The SMILES string of the molecule is CC(CCNC(CO)(CO)CO)c1ccccc1. The lowest BCUT2D eigenvalue weighted by Gasteiger charge is -2.29. The minimum absolute atomic E-state index is 0.278. The molecule has 0 aliphatic heterocycles. The van der Waals surface area contributed by atoms with Crippen LogP contribution in [-0.4, -0.2) is 47.2 Å². The topological polar surface area (TPSA) is 72.7 Å². The molecule has 0 fully saturated rings. The molecule has 0 aliphatic rings. The average molecular weight is 253 g/mol. The molecule has 18 heavy (non-hydrogen) atoms. The van der Waals surface area contributed by atoms with Gasteiger partial charge in [-0.1, -0.05) is 37.3 Å². The van der Waals surface area contributed by atoms with Gasteiger partial charge in [-0.25, -0.2) is 0 Å². The number of hydrogen-bond donors (Lipinski definition) is 4. The number of aliphatic hydroxyl groups is 3. The summed E-state index contributed by atoms with van der Waals surface area (Å²) >= 11 is 0. The molecule has 4 heteroatoms. The van der Waals surface area contributed by atoms with Crippen LogP contribution >= 0.6 is 0 Å². The Kier molecular flexibility index (Phi) is 6.29. The molecule has 102 valence electrons. The Hall–Kier alpha value is -0.940. The number of rotatable bonds is 8. The lowest BCUT2D eigenvalue weighted by atomic mass is 9.97. The third-order valence-electron chi connectivity index (χ3n) is 3.35. The van der Waals surface area contributed by atoms with Crippen molar-refractivity contribution in [2.75, 3.05) is 26.4 Å². The maximum atomic E-state index is 9.18. The Balaban J connectivity index is 2.42. The molecule has 0 saturated heterocycles. The Morgan fingerprint density at radius 2 is 1.61 bits per heavy atom. The van der Waals surface area contributed by atoms with Crippen molar-refractivity contribution in [3.05, 3.63) is 35.9 Å². The largest absolute Gasteiger partial charge is 0.394 e. The van der Waals surface area contributed by atoms with Gasteiger partial charge in [-0.3, -0.25) is 0 Å². The van der Waals surface area contributed by atoms with E-state index in [0.717, 1.165) is 6.42 Å². The van der Waals surface area contributed by atoms with Gasteiger partial charge in [-0.15, -0.1) is 0 Å². The second kappa shape index (κ2) is 7.48. The van der Waals surface area contributed by atoms with Gasteiger partial charge < -0.3 is 20.6 Å². The number of benzene rings is 1. The van der Waals surface area contributed by atoms with Crippen LogP contribution in [0.15, 0.2) is 30.3 Å². The van der Waals surface area contributed by atoms with E-state index < -0.39 is 5.54 Å². The van der Waals surface area contributed by atoms with E-state index in [0.29, 0.717) is 12.5 Å². The first-order valence-corrected chi connectivity index (χ1v) is 6.30. The lowest BCUT2D eigenvalue weighted by Crippen LogP contribution is -2.55. The zero-order valence-corrected chi connectivity index (χ0v) is 10.8. The minimum Gasteiger partial charge on any atom is -0.394 e. The third kappa shape index (κ3) is 4.07. The first kappa shape index (κ1) is 15.1. The van der Waals surface area contributed by atoms with Gasteiger partial charge in [0, 0.05) is 0 Å². The van der Waals surface area contributed by atoms with E-state index >= 15 is 0 Å². The maximum absolute atomic E-state index is 9.18. The van der Waals surface area contributed by atoms with Crippen LogP contribution in [0.4, 0.5) is 0 Å². The summed E-state index contributed by atoms with van der Waals surface area (Å²) in [4.78, 5) is 0. The van der Waals surface area contributed by atoms with Gasteiger partial charge in [-0.2, -0.15) is 0 Å². The van der Waals surface area contributed by atoms with Crippen molar-refractivity contribution in [2.24, 2.45) is 0 Å². The van der Waals surface area contributed by atoms with Crippen LogP contribution < -0.4 is 5.32 Å². The molecule has 4 N–H and O–H groups in total. The molecule has 1 unspecified atom stereocenters. The van der Waals surface area contributed by atoms with Crippen molar-refractivity contribution in [2.45, 2.75) is 24.8 Å². The minimum atomic E-state index is -0.976. The van der Waals surface area contributed by atoms with E-state index in [9.17, 15) is 15.3 Å². The molecule has 0 aromatic heterocycles. The second-order valence-electron chi connectivity index (χ2n) is 4.78. The van der Waals surface area contributed by atoms with Crippen LogP contribution in [0.3, 0.4) is 0 Å². The van der Waals surface area contributed by atoms with Crippen LogP contribution in [0, 0.1) is 0 Å². The fourth-order valence-electron chi connectivity index (χ4n) is 1.82. The van der Waals surface area contributed by atoms with Crippen molar-refractivity contribution in [3.8, 4) is 0 Å². The normalized spacial score (nSPS) is 13.6. The highest BCUT2D eigenvalue weighted by Gasteiger charge is 2.26. The smallest absolute Gasteiger partial charge is 0.0881 e. The predicted molar refractivity (Wildman–Crippen MR) is 71.5 cm³/mol. The summed E-state index contributed by atoms with van der Waals surface area (Å²) in [6.45, 7) is 1.94. The monoisotopic (exact) mass is 253 g/mol. The van der Waals surface area contributed by atoms with Crippen molar-refractivity contribution < 1.29 is 15.3 Å². The summed E-state index contributed by atoms with van der Waals surface area (Å²) in [7, 11) is 0. The Labute approximate surface area is 108 Å². The molecule has 0 radical (unpaired) electrons. The Bertz CT molecular complexity index is 317. The molecule has 0 aliphatic carbocycles. The summed E-state index contributed by atoms with van der Waals surface area (Å²) in [6, 6.07) is 10.2. The lowest BCUT2D eigenvalue weighted by molar-refractivity contribution is 0.0424. The molecule has 0 amide bonds. The number of nitrogens with one attached hydrogen (secondary N) is 1. The quantitative estimate of drug-likeness (QED) is 0.544. The zero-order chi connectivity index (χ0) is 13.4. The highest BCUT2D eigenvalue weighted by atomic mass is 16.3. The third-order valence-corrected chi connectivity index (χ3v) is 3.35. The van der Waals surface area contributed by atoms with E-state index in [-0.39, 0.29) is 19.8 Å². The van der Waals surface area contributed by atoms with Crippen molar-refractivity contribution in [1.82, 2.24) is 5.32 Å². The van der Waals surface area contributed by atoms with E-state index in [1.807, 2.05) is 18.2 Å². The fourth-order valence-corrected chi connectivity index (χ4v) is 1.82. The molecule has 1 atom stereocenters. The Morgan fingerprint density at radius 1 is 1.06 bits per heavy atom. The Morgan fingerprint density at radius 3 is 2.11 bits per heavy atom. The summed E-state index contributed by atoms with van der Waals surface area (Å²) in [5.41, 5.74) is 0.290. The molecular weight excluding hydrogens is 230 g/mol. The first-order valence-electron chi connectivity index (χ1n) is 6.30. The fraction of sp³-hybridized carbons (Fsp3) is 0.571. The van der Waals surface area contributed by atoms with Crippen molar-refractivity contribution in [3.63, 3.8) is 0 Å². The molecular formula is C14H23NO3. The summed E-state index contributed by atoms with van der Waals surface area (Å²) in [5.74, 6) is 0.396. The van der Waals surface area contributed by atoms with Gasteiger partial charge >= 0.3 is 0 Å². The molecule has 1 rings (SSSR count). The molecule has 0 spiro atoms. The second-order valence-corrected chi connectivity index (χ2v) is 4.78. The van der Waals surface area contributed by atoms with Gasteiger partial charge in [0.05, 0.1) is 25.4 Å². The van der Waals surface area contributed by atoms with Gasteiger partial charge in [-0.05, 0) is 24.4 Å². The summed E-state index contributed by atoms with van der Waals surface area (Å²) < 4.78 is 0. The van der Waals surface area contributed by atoms with Crippen LogP contribution in [0.2, 0.25) is 0 Å². The highest BCUT2D eigenvalue weighted by molar-refractivity contribution is 5.18. The highest BCUT2D eigenvalue weighted by Crippen LogP contribution is 2.18. The van der Waals surface area contributed by atoms with E-state index in [4.69, 9.17) is 0 Å². The zero-order valence-electron chi connectivity index (χ0n) is 10.8. The van der Waals surface area contributed by atoms with Crippen molar-refractivity contribution >= 4 is 0 Å². The maximum Gasteiger partial charge on any atom is 0.0881 e. The van der Waals surface area contributed by atoms with Crippen LogP contribution in [0.1, 0.15) is 24.8 Å². The molecule has 4 nitrogen and oxygen atoms in total. The van der Waals surface area contributed by atoms with Crippen LogP contribution in [0.25, 0.3) is 0 Å². The molecule has 0 heterocycles. The predicted octanol–water partition coefficient (Wildman–Crippen LogP) is 0.485. The van der Waals surface area contributed by atoms with Gasteiger partial charge in [0.2, 0.25) is 0 Å². The van der Waals surface area contributed by atoms with E-state index in [1.54, 1.807) is 0 Å². The van der Waals surface area contributed by atoms with Gasteiger partial charge in [0.15, 0.2) is 0 Å². The van der Waals surface area contributed by atoms with Gasteiger partial charge in [0.1, 0.15) is 0 Å². The molecule has 0 bridgehead atoms.